The molecule has 0 aliphatic heterocycles. The van der Waals surface area contributed by atoms with Crippen molar-refractivity contribution in [2.24, 2.45) is 5.73 Å². The standard InChI is InChI=1S/C12H16N4S/c1-9-15-16-12(17-9)14-11(8-13)7-10-5-3-2-4-6-10/h2-6,11H,7-8,13H2,1H3,(H,14,16). The zero-order valence-electron chi connectivity index (χ0n) is 9.76. The molecule has 1 atom stereocenters. The number of aromatic nitrogens is 2. The van der Waals surface area contributed by atoms with E-state index in [-0.39, 0.29) is 6.04 Å². The molecular weight excluding hydrogens is 232 g/mol. The fraction of sp³-hybridized carbons (Fsp3) is 0.333. The second kappa shape index (κ2) is 5.75. The van der Waals surface area contributed by atoms with Crippen LogP contribution in [0.1, 0.15) is 10.6 Å². The molecule has 1 heterocycles. The van der Waals surface area contributed by atoms with Gasteiger partial charge in [0.25, 0.3) is 0 Å². The molecule has 0 aliphatic carbocycles. The fourth-order valence-electron chi connectivity index (χ4n) is 1.62. The molecule has 2 rings (SSSR count). The largest absolute Gasteiger partial charge is 0.356 e. The Morgan fingerprint density at radius 2 is 2.06 bits per heavy atom. The van der Waals surface area contributed by atoms with Crippen LogP contribution in [0.4, 0.5) is 5.13 Å². The van der Waals surface area contributed by atoms with Crippen LogP contribution in [0.25, 0.3) is 0 Å². The molecule has 0 amide bonds. The second-order valence-electron chi connectivity index (χ2n) is 3.89. The molecule has 0 spiro atoms. The van der Waals surface area contributed by atoms with E-state index in [2.05, 4.69) is 27.6 Å². The van der Waals surface area contributed by atoms with Crippen molar-refractivity contribution in [3.05, 3.63) is 40.9 Å². The third-order valence-corrected chi connectivity index (χ3v) is 3.23. The number of nitrogens with one attached hydrogen (secondary N) is 1. The lowest BCUT2D eigenvalue weighted by Gasteiger charge is -2.15. The molecule has 4 nitrogen and oxygen atoms in total. The average Bonchev–Trinajstić information content (AvgIpc) is 2.75. The number of anilines is 1. The van der Waals surface area contributed by atoms with Gasteiger partial charge in [0.15, 0.2) is 0 Å². The molecule has 0 saturated carbocycles. The van der Waals surface area contributed by atoms with Gasteiger partial charge < -0.3 is 11.1 Å². The van der Waals surface area contributed by atoms with Gasteiger partial charge in [0.1, 0.15) is 5.01 Å². The highest BCUT2D eigenvalue weighted by Crippen LogP contribution is 2.15. The molecule has 0 saturated heterocycles. The van der Waals surface area contributed by atoms with Crippen LogP contribution in [0.3, 0.4) is 0 Å². The lowest BCUT2D eigenvalue weighted by atomic mass is 10.1. The lowest BCUT2D eigenvalue weighted by Crippen LogP contribution is -2.30. The number of hydrogen-bond acceptors (Lipinski definition) is 5. The maximum absolute atomic E-state index is 5.77. The summed E-state index contributed by atoms with van der Waals surface area (Å²) in [6, 6.07) is 10.5. The molecule has 90 valence electrons. The Bertz CT molecular complexity index is 455. The van der Waals surface area contributed by atoms with Crippen molar-refractivity contribution >= 4 is 16.5 Å². The molecule has 0 fully saturated rings. The zero-order chi connectivity index (χ0) is 12.1. The van der Waals surface area contributed by atoms with Crippen molar-refractivity contribution < 1.29 is 0 Å². The Morgan fingerprint density at radius 1 is 1.29 bits per heavy atom. The Morgan fingerprint density at radius 3 is 2.65 bits per heavy atom. The summed E-state index contributed by atoms with van der Waals surface area (Å²) in [4.78, 5) is 0. The molecule has 1 unspecified atom stereocenters. The number of nitrogens with two attached hydrogens (primary N) is 1. The summed E-state index contributed by atoms with van der Waals surface area (Å²) in [5.41, 5.74) is 7.04. The van der Waals surface area contributed by atoms with Gasteiger partial charge in [-0.15, -0.1) is 10.2 Å². The van der Waals surface area contributed by atoms with Crippen LogP contribution < -0.4 is 11.1 Å². The van der Waals surface area contributed by atoms with Crippen LogP contribution in [0.5, 0.6) is 0 Å². The SMILES string of the molecule is Cc1nnc(NC(CN)Cc2ccccc2)s1. The first kappa shape index (κ1) is 12.0. The van der Waals surface area contributed by atoms with E-state index in [0.717, 1.165) is 16.6 Å². The predicted molar refractivity (Wildman–Crippen MR) is 71.3 cm³/mol. The third-order valence-electron chi connectivity index (χ3n) is 2.46. The molecule has 0 radical (unpaired) electrons. The molecule has 5 heteroatoms. The third kappa shape index (κ3) is 3.51. The molecule has 3 N–H and O–H groups in total. The maximum atomic E-state index is 5.77. The van der Waals surface area contributed by atoms with Crippen LogP contribution in [0.15, 0.2) is 30.3 Å². The van der Waals surface area contributed by atoms with Crippen molar-refractivity contribution in [1.82, 2.24) is 10.2 Å². The highest BCUT2D eigenvalue weighted by atomic mass is 32.1. The van der Waals surface area contributed by atoms with Crippen molar-refractivity contribution in [1.29, 1.82) is 0 Å². The van der Waals surface area contributed by atoms with Gasteiger partial charge in [-0.2, -0.15) is 0 Å². The highest BCUT2D eigenvalue weighted by Gasteiger charge is 2.09. The minimum Gasteiger partial charge on any atom is -0.356 e. The Kier molecular flexibility index (Phi) is 4.06. The van der Waals surface area contributed by atoms with Crippen molar-refractivity contribution in [2.45, 2.75) is 19.4 Å². The number of benzene rings is 1. The van der Waals surface area contributed by atoms with E-state index in [0.29, 0.717) is 6.54 Å². The number of rotatable bonds is 5. The summed E-state index contributed by atoms with van der Waals surface area (Å²) in [7, 11) is 0. The maximum Gasteiger partial charge on any atom is 0.205 e. The normalized spacial score (nSPS) is 12.4. The Balaban J connectivity index is 1.98. The molecule has 0 aliphatic rings. The van der Waals surface area contributed by atoms with Crippen LogP contribution in [-0.2, 0) is 6.42 Å². The van der Waals surface area contributed by atoms with Crippen molar-refractivity contribution in [2.75, 3.05) is 11.9 Å². The van der Waals surface area contributed by atoms with E-state index >= 15 is 0 Å². The van der Waals surface area contributed by atoms with Crippen LogP contribution in [-0.4, -0.2) is 22.8 Å². The van der Waals surface area contributed by atoms with Gasteiger partial charge in [-0.05, 0) is 18.9 Å². The van der Waals surface area contributed by atoms with Gasteiger partial charge in [0.05, 0.1) is 0 Å². The topological polar surface area (TPSA) is 63.8 Å². The fourth-order valence-corrected chi connectivity index (χ4v) is 2.29. The smallest absolute Gasteiger partial charge is 0.205 e. The van der Waals surface area contributed by atoms with Gasteiger partial charge >= 0.3 is 0 Å². The molecule has 1 aromatic carbocycles. The number of hydrogen-bond donors (Lipinski definition) is 2. The lowest BCUT2D eigenvalue weighted by molar-refractivity contribution is 0.721. The summed E-state index contributed by atoms with van der Waals surface area (Å²) in [5.74, 6) is 0. The Labute approximate surface area is 105 Å². The van der Waals surface area contributed by atoms with Gasteiger partial charge in [-0.25, -0.2) is 0 Å². The molecule has 2 aromatic rings. The minimum atomic E-state index is 0.199. The van der Waals surface area contributed by atoms with Crippen LogP contribution >= 0.6 is 11.3 Å². The number of nitrogens with zero attached hydrogens (tertiary/aromatic N) is 2. The monoisotopic (exact) mass is 248 g/mol. The summed E-state index contributed by atoms with van der Waals surface area (Å²) >= 11 is 1.55. The molecule has 0 bridgehead atoms. The van der Waals surface area contributed by atoms with Gasteiger partial charge in [0, 0.05) is 12.6 Å². The van der Waals surface area contributed by atoms with Crippen LogP contribution in [0.2, 0.25) is 0 Å². The van der Waals surface area contributed by atoms with Crippen molar-refractivity contribution in [3.63, 3.8) is 0 Å². The van der Waals surface area contributed by atoms with E-state index in [1.54, 1.807) is 11.3 Å². The summed E-state index contributed by atoms with van der Waals surface area (Å²) in [6.07, 6.45) is 0.899. The number of aryl methyl sites for hydroxylation is 1. The molecule has 17 heavy (non-hydrogen) atoms. The minimum absolute atomic E-state index is 0.199. The molecule has 1 aromatic heterocycles. The zero-order valence-corrected chi connectivity index (χ0v) is 10.6. The first-order valence-corrected chi connectivity index (χ1v) is 6.40. The first-order chi connectivity index (χ1) is 8.28. The quantitative estimate of drug-likeness (QED) is 0.847. The van der Waals surface area contributed by atoms with Crippen LogP contribution in [0, 0.1) is 6.92 Å². The summed E-state index contributed by atoms with van der Waals surface area (Å²) in [6.45, 7) is 2.52. The van der Waals surface area contributed by atoms with Crippen molar-refractivity contribution in [3.8, 4) is 0 Å². The molecular formula is C12H16N4S. The van der Waals surface area contributed by atoms with E-state index in [1.807, 2.05) is 25.1 Å². The van der Waals surface area contributed by atoms with E-state index in [1.165, 1.54) is 5.56 Å². The highest BCUT2D eigenvalue weighted by molar-refractivity contribution is 7.15. The second-order valence-corrected chi connectivity index (χ2v) is 5.07. The van der Waals surface area contributed by atoms with E-state index in [9.17, 15) is 0 Å². The average molecular weight is 248 g/mol. The Hall–Kier alpha value is -1.46. The van der Waals surface area contributed by atoms with Gasteiger partial charge in [0.2, 0.25) is 5.13 Å². The predicted octanol–water partition coefficient (Wildman–Crippen LogP) is 1.83. The van der Waals surface area contributed by atoms with Gasteiger partial charge in [-0.3, -0.25) is 0 Å². The summed E-state index contributed by atoms with van der Waals surface area (Å²) < 4.78 is 0. The van der Waals surface area contributed by atoms with E-state index < -0.39 is 0 Å². The van der Waals surface area contributed by atoms with Gasteiger partial charge in [-0.1, -0.05) is 41.7 Å². The van der Waals surface area contributed by atoms with E-state index in [4.69, 9.17) is 5.73 Å². The summed E-state index contributed by atoms with van der Waals surface area (Å²) in [5, 5.41) is 13.1. The first-order valence-electron chi connectivity index (χ1n) is 5.58.